The van der Waals surface area contributed by atoms with E-state index >= 15 is 0 Å². The second kappa shape index (κ2) is 5.25. The Kier molecular flexibility index (Phi) is 3.69. The number of hydrogen-bond acceptors (Lipinski definition) is 3. The van der Waals surface area contributed by atoms with E-state index < -0.39 is 17.8 Å². The number of furan rings is 1. The molecule has 98 valence electrons. The number of aryl methyl sites for hydroxylation is 1. The zero-order chi connectivity index (χ0) is 13.1. The average molecular weight is 251 g/mol. The van der Waals surface area contributed by atoms with Crippen LogP contribution >= 0.6 is 0 Å². The summed E-state index contributed by atoms with van der Waals surface area (Å²) in [6.45, 7) is 2.15. The molecule has 2 rings (SSSR count). The van der Waals surface area contributed by atoms with E-state index in [1.807, 2.05) is 13.0 Å². The normalized spacial score (nSPS) is 22.9. The summed E-state index contributed by atoms with van der Waals surface area (Å²) in [5, 5.41) is 11.8. The lowest BCUT2D eigenvalue weighted by Crippen LogP contribution is -2.34. The van der Waals surface area contributed by atoms with Gasteiger partial charge >= 0.3 is 5.97 Å². The summed E-state index contributed by atoms with van der Waals surface area (Å²) < 4.78 is 5.34. The number of rotatable bonds is 4. The van der Waals surface area contributed by atoms with Crippen LogP contribution in [0.3, 0.4) is 0 Å². The van der Waals surface area contributed by atoms with Gasteiger partial charge in [-0.3, -0.25) is 9.59 Å². The van der Waals surface area contributed by atoms with Gasteiger partial charge in [-0.2, -0.15) is 0 Å². The van der Waals surface area contributed by atoms with Crippen LogP contribution in [0.5, 0.6) is 0 Å². The van der Waals surface area contributed by atoms with Crippen molar-refractivity contribution in [1.29, 1.82) is 0 Å². The first-order valence-corrected chi connectivity index (χ1v) is 6.14. The van der Waals surface area contributed by atoms with Crippen molar-refractivity contribution < 1.29 is 19.1 Å². The summed E-state index contributed by atoms with van der Waals surface area (Å²) in [5.41, 5.74) is 0. The maximum atomic E-state index is 11.9. The fourth-order valence-electron chi connectivity index (χ4n) is 2.45. The Balaban J connectivity index is 1.89. The molecule has 5 nitrogen and oxygen atoms in total. The molecule has 0 saturated heterocycles. The van der Waals surface area contributed by atoms with Crippen molar-refractivity contribution in [2.24, 2.45) is 11.8 Å². The van der Waals surface area contributed by atoms with Gasteiger partial charge in [-0.05, 0) is 31.9 Å². The van der Waals surface area contributed by atoms with E-state index in [-0.39, 0.29) is 5.91 Å². The topological polar surface area (TPSA) is 79.5 Å². The molecule has 1 saturated carbocycles. The highest BCUT2D eigenvalue weighted by atomic mass is 16.4. The van der Waals surface area contributed by atoms with Gasteiger partial charge in [0, 0.05) is 0 Å². The summed E-state index contributed by atoms with van der Waals surface area (Å²) in [7, 11) is 0. The van der Waals surface area contributed by atoms with E-state index in [9.17, 15) is 9.59 Å². The first kappa shape index (κ1) is 12.7. The molecule has 1 aliphatic rings. The molecule has 0 unspecified atom stereocenters. The number of hydrogen-bond donors (Lipinski definition) is 2. The van der Waals surface area contributed by atoms with Crippen LogP contribution in [0.25, 0.3) is 0 Å². The van der Waals surface area contributed by atoms with E-state index in [1.165, 1.54) is 0 Å². The summed E-state index contributed by atoms with van der Waals surface area (Å²) in [4.78, 5) is 22.9. The number of carbonyl (C=O) groups excluding carboxylic acids is 1. The van der Waals surface area contributed by atoms with Crippen LogP contribution in [0.15, 0.2) is 16.5 Å². The molecule has 0 bridgehead atoms. The Morgan fingerprint density at radius 2 is 2.11 bits per heavy atom. The second-order valence-corrected chi connectivity index (χ2v) is 4.71. The molecule has 0 radical (unpaired) electrons. The van der Waals surface area contributed by atoms with Crippen molar-refractivity contribution in [2.75, 3.05) is 0 Å². The molecule has 1 heterocycles. The molecule has 1 aromatic rings. The lowest BCUT2D eigenvalue weighted by molar-refractivity contribution is -0.146. The van der Waals surface area contributed by atoms with Crippen LogP contribution in [-0.2, 0) is 16.1 Å². The number of carbonyl (C=O) groups is 2. The van der Waals surface area contributed by atoms with Gasteiger partial charge in [0.15, 0.2) is 0 Å². The van der Waals surface area contributed by atoms with Crippen LogP contribution < -0.4 is 5.32 Å². The fourth-order valence-corrected chi connectivity index (χ4v) is 2.45. The van der Waals surface area contributed by atoms with Crippen molar-refractivity contribution in [3.05, 3.63) is 23.7 Å². The van der Waals surface area contributed by atoms with Gasteiger partial charge in [-0.25, -0.2) is 0 Å². The summed E-state index contributed by atoms with van der Waals surface area (Å²) >= 11 is 0. The van der Waals surface area contributed by atoms with Gasteiger partial charge in [-0.15, -0.1) is 0 Å². The van der Waals surface area contributed by atoms with Gasteiger partial charge in [0.1, 0.15) is 11.5 Å². The quantitative estimate of drug-likeness (QED) is 0.853. The molecule has 2 N–H and O–H groups in total. The van der Waals surface area contributed by atoms with Gasteiger partial charge in [0.25, 0.3) is 0 Å². The second-order valence-electron chi connectivity index (χ2n) is 4.71. The Bertz CT molecular complexity index is 452. The van der Waals surface area contributed by atoms with E-state index in [0.717, 1.165) is 12.2 Å². The highest BCUT2D eigenvalue weighted by molar-refractivity contribution is 5.85. The standard InChI is InChI=1S/C13H17NO4/c1-8-5-6-9(18-8)7-14-12(15)10-3-2-4-11(10)13(16)17/h5-6,10-11H,2-4,7H2,1H3,(H,14,15)(H,16,17)/t10-,11+/m1/s1. The van der Waals surface area contributed by atoms with Crippen molar-refractivity contribution in [1.82, 2.24) is 5.32 Å². The highest BCUT2D eigenvalue weighted by Gasteiger charge is 2.37. The molecule has 5 heteroatoms. The number of carboxylic acids is 1. The van der Waals surface area contributed by atoms with Gasteiger partial charge in [-0.1, -0.05) is 6.42 Å². The largest absolute Gasteiger partial charge is 0.481 e. The lowest BCUT2D eigenvalue weighted by Gasteiger charge is -2.14. The predicted molar refractivity (Wildman–Crippen MR) is 63.8 cm³/mol. The summed E-state index contributed by atoms with van der Waals surface area (Å²) in [5.74, 6) is -0.522. The lowest BCUT2D eigenvalue weighted by atomic mass is 9.95. The van der Waals surface area contributed by atoms with Crippen molar-refractivity contribution in [3.63, 3.8) is 0 Å². The predicted octanol–water partition coefficient (Wildman–Crippen LogP) is 1.71. The average Bonchev–Trinajstić information content (AvgIpc) is 2.94. The molecule has 0 spiro atoms. The van der Waals surface area contributed by atoms with E-state index in [1.54, 1.807) is 6.07 Å². The van der Waals surface area contributed by atoms with Gasteiger partial charge in [0.2, 0.25) is 5.91 Å². The van der Waals surface area contributed by atoms with Crippen LogP contribution in [0, 0.1) is 18.8 Å². The third-order valence-corrected chi connectivity index (χ3v) is 3.40. The van der Waals surface area contributed by atoms with Crippen molar-refractivity contribution in [3.8, 4) is 0 Å². The molecular formula is C13H17NO4. The Morgan fingerprint density at radius 3 is 2.72 bits per heavy atom. The van der Waals surface area contributed by atoms with Crippen LogP contribution in [-0.4, -0.2) is 17.0 Å². The SMILES string of the molecule is Cc1ccc(CNC(=O)[C@@H]2CCC[C@@H]2C(=O)O)o1. The van der Waals surface area contributed by atoms with Crippen molar-refractivity contribution in [2.45, 2.75) is 32.7 Å². The summed E-state index contributed by atoms with van der Waals surface area (Å²) in [6, 6.07) is 3.63. The molecule has 2 atom stereocenters. The van der Waals surface area contributed by atoms with Gasteiger partial charge in [0.05, 0.1) is 18.4 Å². The third-order valence-electron chi connectivity index (χ3n) is 3.40. The number of aliphatic carboxylic acids is 1. The van der Waals surface area contributed by atoms with E-state index in [2.05, 4.69) is 5.32 Å². The van der Waals surface area contributed by atoms with Crippen LogP contribution in [0.2, 0.25) is 0 Å². The Labute approximate surface area is 105 Å². The number of nitrogens with one attached hydrogen (secondary N) is 1. The zero-order valence-corrected chi connectivity index (χ0v) is 10.3. The molecule has 0 aliphatic heterocycles. The van der Waals surface area contributed by atoms with Crippen LogP contribution in [0.4, 0.5) is 0 Å². The molecule has 1 amide bonds. The zero-order valence-electron chi connectivity index (χ0n) is 10.3. The number of carboxylic acid groups (broad SMARTS) is 1. The third kappa shape index (κ3) is 2.72. The molecular weight excluding hydrogens is 234 g/mol. The monoisotopic (exact) mass is 251 g/mol. The molecule has 18 heavy (non-hydrogen) atoms. The van der Waals surface area contributed by atoms with E-state index in [0.29, 0.717) is 25.1 Å². The van der Waals surface area contributed by atoms with Crippen molar-refractivity contribution >= 4 is 11.9 Å². The molecule has 1 aromatic heterocycles. The Hall–Kier alpha value is -1.78. The molecule has 1 fully saturated rings. The van der Waals surface area contributed by atoms with Crippen LogP contribution in [0.1, 0.15) is 30.8 Å². The van der Waals surface area contributed by atoms with E-state index in [4.69, 9.17) is 9.52 Å². The minimum atomic E-state index is -0.874. The summed E-state index contributed by atoms with van der Waals surface area (Å²) in [6.07, 6.45) is 2.04. The maximum absolute atomic E-state index is 11.9. The highest BCUT2D eigenvalue weighted by Crippen LogP contribution is 2.32. The van der Waals surface area contributed by atoms with Gasteiger partial charge < -0.3 is 14.8 Å². The minimum Gasteiger partial charge on any atom is -0.481 e. The number of amides is 1. The Morgan fingerprint density at radius 1 is 1.39 bits per heavy atom. The molecule has 1 aliphatic carbocycles. The first-order valence-electron chi connectivity index (χ1n) is 6.14. The minimum absolute atomic E-state index is 0.186. The molecule has 0 aromatic carbocycles. The smallest absolute Gasteiger partial charge is 0.307 e. The fraction of sp³-hybridized carbons (Fsp3) is 0.538. The maximum Gasteiger partial charge on any atom is 0.307 e. The first-order chi connectivity index (χ1) is 8.58.